The molecule has 2 saturated carbocycles. The topological polar surface area (TPSA) is 17.1 Å². The van der Waals surface area contributed by atoms with E-state index in [1.165, 1.54) is 73.4 Å². The van der Waals surface area contributed by atoms with Crippen molar-refractivity contribution in [1.82, 2.24) is 0 Å². The molecule has 2 nitrogen and oxygen atoms in total. The van der Waals surface area contributed by atoms with Crippen molar-refractivity contribution in [1.29, 1.82) is 0 Å². The molecule has 2 fully saturated rings. The molecule has 1 aliphatic heterocycles. The fraction of sp³-hybridized carbons (Fsp3) is 0.447. The van der Waals surface area contributed by atoms with Gasteiger partial charge in [-0.15, -0.1) is 11.8 Å². The van der Waals surface area contributed by atoms with E-state index in [-0.39, 0.29) is 54.2 Å². The average Bonchev–Trinajstić information content (AvgIpc) is 2.92. The number of hydrogen-bond acceptors (Lipinski definition) is 0. The second-order valence-electron chi connectivity index (χ2n) is 12.1. The smallest absolute Gasteiger partial charge is 0.677 e. The fourth-order valence-electron chi connectivity index (χ4n) is 7.18. The zero-order valence-corrected chi connectivity index (χ0v) is 30.5. The Balaban J connectivity index is 0.00000210. The monoisotopic (exact) mass is 718 g/mol. The molecule has 0 saturated heterocycles. The van der Waals surface area contributed by atoms with Gasteiger partial charge in [-0.05, 0) is 36.1 Å². The molecule has 0 radical (unpaired) electrons. The molecule has 3 aliphatic rings. The third kappa shape index (κ3) is 7.95. The SMILES string of the molecule is C=[N+]1C(C([N-]c2c(C(C)C)cccc2C(C)C)c2ccccc2)=CC=C[C-]1C1CCCC2CCCCC21.[CH3-].[CH3-].[CH3-].[Hf+4]. The Morgan fingerprint density at radius 2 is 1.41 bits per heavy atom. The number of fused-ring (bicyclic) bond motifs is 1. The molecule has 2 aromatic rings. The first-order chi connectivity index (χ1) is 18.0. The van der Waals surface area contributed by atoms with Crippen LogP contribution in [0.3, 0.4) is 0 Å². The van der Waals surface area contributed by atoms with Gasteiger partial charge in [-0.3, -0.25) is 4.58 Å². The normalized spacial score (nSPS) is 22.3. The van der Waals surface area contributed by atoms with Crippen LogP contribution in [0.2, 0.25) is 0 Å². The number of rotatable bonds is 7. The van der Waals surface area contributed by atoms with Crippen LogP contribution in [0.5, 0.6) is 0 Å². The van der Waals surface area contributed by atoms with Crippen LogP contribution in [0.1, 0.15) is 107 Å². The molecule has 2 aliphatic carbocycles. The molecule has 0 aromatic heterocycles. The Morgan fingerprint density at radius 1 is 0.805 bits per heavy atom. The Hall–Kier alpha value is -1.87. The first-order valence-electron chi connectivity index (χ1n) is 14.7. The van der Waals surface area contributed by atoms with Gasteiger partial charge in [0.1, 0.15) is 6.04 Å². The Bertz CT molecular complexity index is 1120. The van der Waals surface area contributed by atoms with Crippen LogP contribution in [-0.2, 0) is 25.8 Å². The van der Waals surface area contributed by atoms with Crippen LogP contribution in [0, 0.1) is 46.1 Å². The van der Waals surface area contributed by atoms with E-state index >= 15 is 0 Å². The molecule has 4 unspecified atom stereocenters. The molecule has 3 heteroatoms. The van der Waals surface area contributed by atoms with Gasteiger partial charge in [0, 0.05) is 5.92 Å². The van der Waals surface area contributed by atoms with E-state index in [4.69, 9.17) is 12.0 Å². The van der Waals surface area contributed by atoms with Crippen molar-refractivity contribution in [3.63, 3.8) is 0 Å². The molecule has 0 N–H and O–H groups in total. The van der Waals surface area contributed by atoms with Gasteiger partial charge < -0.3 is 27.6 Å². The molecule has 220 valence electrons. The van der Waals surface area contributed by atoms with Gasteiger partial charge in [-0.1, -0.05) is 144 Å². The fourth-order valence-corrected chi connectivity index (χ4v) is 7.18. The summed E-state index contributed by atoms with van der Waals surface area (Å²) in [6.45, 7) is 13.8. The van der Waals surface area contributed by atoms with Gasteiger partial charge in [0.25, 0.3) is 0 Å². The number of benzene rings is 2. The molecule has 41 heavy (non-hydrogen) atoms. The first-order valence-corrected chi connectivity index (χ1v) is 14.7. The van der Waals surface area contributed by atoms with Crippen LogP contribution in [-0.4, -0.2) is 11.3 Å². The first kappa shape index (κ1) is 37.2. The third-order valence-electron chi connectivity index (χ3n) is 9.11. The van der Waals surface area contributed by atoms with Gasteiger partial charge >= 0.3 is 25.8 Å². The van der Waals surface area contributed by atoms with E-state index < -0.39 is 0 Å². The van der Waals surface area contributed by atoms with Crippen molar-refractivity contribution in [2.24, 2.45) is 17.8 Å². The summed E-state index contributed by atoms with van der Waals surface area (Å²) in [5, 5.41) is 5.61. The molecule has 0 bridgehead atoms. The number of nitrogens with zero attached hydrogens (tertiary/aromatic N) is 2. The predicted molar refractivity (Wildman–Crippen MR) is 177 cm³/mol. The van der Waals surface area contributed by atoms with Crippen molar-refractivity contribution in [2.45, 2.75) is 90.5 Å². The van der Waals surface area contributed by atoms with Crippen LogP contribution >= 0.6 is 0 Å². The summed E-state index contributed by atoms with van der Waals surface area (Å²) in [5.74, 6) is 3.15. The van der Waals surface area contributed by atoms with Crippen molar-refractivity contribution in [3.8, 4) is 0 Å². The van der Waals surface area contributed by atoms with Gasteiger partial charge in [-0.25, -0.2) is 0 Å². The molecule has 4 atom stereocenters. The second kappa shape index (κ2) is 16.7. The molecular weight excluding hydrogens is 663 g/mol. The van der Waals surface area contributed by atoms with Crippen LogP contribution in [0.4, 0.5) is 5.69 Å². The van der Waals surface area contributed by atoms with Gasteiger partial charge in [-0.2, -0.15) is 0 Å². The summed E-state index contributed by atoms with van der Waals surface area (Å²) in [5.41, 5.74) is 6.24. The molecule has 1 heterocycles. The van der Waals surface area contributed by atoms with E-state index in [0.717, 1.165) is 17.5 Å². The number of allylic oxidation sites excluding steroid dienone is 2. The minimum atomic E-state index is -0.0956. The second-order valence-corrected chi connectivity index (χ2v) is 12.1. The van der Waals surface area contributed by atoms with Gasteiger partial charge in [0.05, 0.1) is 12.4 Å². The van der Waals surface area contributed by atoms with Crippen LogP contribution in [0.25, 0.3) is 5.32 Å². The Morgan fingerprint density at radius 3 is 2.05 bits per heavy atom. The minimum Gasteiger partial charge on any atom is -0.677 e. The van der Waals surface area contributed by atoms with E-state index in [2.05, 4.69) is 99.0 Å². The quantitative estimate of drug-likeness (QED) is 0.154. The maximum absolute atomic E-state index is 5.61. The zero-order chi connectivity index (χ0) is 25.9. The van der Waals surface area contributed by atoms with Gasteiger partial charge in [0.15, 0.2) is 0 Å². The summed E-state index contributed by atoms with van der Waals surface area (Å²) in [7, 11) is 0. The number of hydrogen-bond donors (Lipinski definition) is 0. The van der Waals surface area contributed by atoms with E-state index in [9.17, 15) is 0 Å². The standard InChI is InChI=1S/C35H45N2.3CH3.Hf/c1-24(2)28-19-12-20-29(25(3)4)35(28)36-34(27-15-7-6-8-16-27)33-23-13-22-32(37(33)5)31-21-11-17-26-14-9-10-18-30(26)31;;;;/h6-8,12-13,15-16,19-20,22-26,30-31,34H,5,9-11,14,17-18,21H2,1-4H3;3*1H3;/q4*-1;+4. The summed E-state index contributed by atoms with van der Waals surface area (Å²) in [4.78, 5) is 0. The van der Waals surface area contributed by atoms with E-state index in [0.29, 0.717) is 17.8 Å². The maximum Gasteiger partial charge on any atom is 4.00 e. The average molecular weight is 717 g/mol. The van der Waals surface area contributed by atoms with Crippen LogP contribution < -0.4 is 0 Å². The van der Waals surface area contributed by atoms with Crippen molar-refractivity contribution < 1.29 is 30.4 Å². The summed E-state index contributed by atoms with van der Waals surface area (Å²) in [6, 6.07) is 18.9. The molecule has 5 rings (SSSR count). The molecule has 0 spiro atoms. The predicted octanol–water partition coefficient (Wildman–Crippen LogP) is 11.3. The van der Waals surface area contributed by atoms with Crippen molar-refractivity contribution in [2.75, 3.05) is 0 Å². The summed E-state index contributed by atoms with van der Waals surface area (Å²) >= 11 is 0. The van der Waals surface area contributed by atoms with Gasteiger partial charge in [0.2, 0.25) is 0 Å². The van der Waals surface area contributed by atoms with Crippen molar-refractivity contribution in [3.05, 3.63) is 123 Å². The third-order valence-corrected chi connectivity index (χ3v) is 9.11. The number of para-hydroxylation sites is 1. The van der Waals surface area contributed by atoms with Crippen LogP contribution in [0.15, 0.2) is 72.5 Å². The molecular formula is C38H54HfN2. The maximum atomic E-state index is 5.61. The Labute approximate surface area is 272 Å². The minimum absolute atomic E-state index is 0. The Kier molecular flexibility index (Phi) is 15.1. The molecule has 0 amide bonds. The molecule has 2 aromatic carbocycles. The largest absolute Gasteiger partial charge is 4.00 e. The summed E-state index contributed by atoms with van der Waals surface area (Å²) < 4.78 is 2.27. The van der Waals surface area contributed by atoms with E-state index in [1.54, 1.807) is 0 Å². The van der Waals surface area contributed by atoms with Crippen molar-refractivity contribution >= 4 is 12.4 Å². The summed E-state index contributed by atoms with van der Waals surface area (Å²) in [6.07, 6.45) is 16.5. The van der Waals surface area contributed by atoms with E-state index in [1.807, 2.05) is 0 Å². The zero-order valence-electron chi connectivity index (χ0n) is 26.9.